The second kappa shape index (κ2) is 6.27. The van der Waals surface area contributed by atoms with E-state index in [0.717, 1.165) is 37.1 Å². The number of para-hydroxylation sites is 1. The molecule has 4 rings (SSSR count). The Morgan fingerprint density at radius 2 is 1.83 bits per heavy atom. The number of aryl methyl sites for hydroxylation is 1. The Hall–Kier alpha value is -2.36. The van der Waals surface area contributed by atoms with Gasteiger partial charge in [0.15, 0.2) is 0 Å². The van der Waals surface area contributed by atoms with Crippen LogP contribution in [-0.4, -0.2) is 30.6 Å². The normalized spacial score (nSPS) is 20.1. The third kappa shape index (κ3) is 2.66. The molecule has 1 atom stereocenters. The van der Waals surface area contributed by atoms with E-state index in [0.29, 0.717) is 13.1 Å². The number of benzene rings is 2. The molecular formula is C20H21FN2O. The van der Waals surface area contributed by atoms with Crippen molar-refractivity contribution in [2.75, 3.05) is 24.5 Å². The average molecular weight is 324 g/mol. The van der Waals surface area contributed by atoms with Crippen molar-refractivity contribution in [3.05, 3.63) is 65.5 Å². The molecule has 1 unspecified atom stereocenters. The van der Waals surface area contributed by atoms with Crippen LogP contribution in [0, 0.1) is 5.82 Å². The SMILES string of the molecule is O=C(N1CCC(c2ccccc2F)C1)N1CCCc2ccccc21. The van der Waals surface area contributed by atoms with Crippen LogP contribution in [0.2, 0.25) is 0 Å². The number of hydrogen-bond acceptors (Lipinski definition) is 1. The van der Waals surface area contributed by atoms with Gasteiger partial charge < -0.3 is 4.90 Å². The topological polar surface area (TPSA) is 23.6 Å². The summed E-state index contributed by atoms with van der Waals surface area (Å²) in [7, 11) is 0. The third-order valence-electron chi connectivity index (χ3n) is 5.14. The van der Waals surface area contributed by atoms with Crippen molar-refractivity contribution in [1.82, 2.24) is 4.90 Å². The Balaban J connectivity index is 1.52. The zero-order chi connectivity index (χ0) is 16.5. The Morgan fingerprint density at radius 3 is 2.71 bits per heavy atom. The predicted molar refractivity (Wildman–Crippen MR) is 92.8 cm³/mol. The fraction of sp³-hybridized carbons (Fsp3) is 0.350. The van der Waals surface area contributed by atoms with E-state index >= 15 is 0 Å². The minimum Gasteiger partial charge on any atom is -0.324 e. The summed E-state index contributed by atoms with van der Waals surface area (Å²) < 4.78 is 14.0. The molecule has 0 aliphatic carbocycles. The minimum atomic E-state index is -0.167. The largest absolute Gasteiger partial charge is 0.324 e. The lowest BCUT2D eigenvalue weighted by Crippen LogP contribution is -2.44. The van der Waals surface area contributed by atoms with Gasteiger partial charge in [-0.1, -0.05) is 36.4 Å². The first-order chi connectivity index (χ1) is 11.7. The highest BCUT2D eigenvalue weighted by Gasteiger charge is 2.33. The summed E-state index contributed by atoms with van der Waals surface area (Å²) in [5.74, 6) is -0.0738. The monoisotopic (exact) mass is 324 g/mol. The zero-order valence-electron chi connectivity index (χ0n) is 13.6. The van der Waals surface area contributed by atoms with E-state index < -0.39 is 0 Å². The van der Waals surface area contributed by atoms with Gasteiger partial charge in [-0.2, -0.15) is 0 Å². The Kier molecular flexibility index (Phi) is 3.97. The molecule has 2 aromatic rings. The zero-order valence-corrected chi connectivity index (χ0v) is 13.6. The molecule has 0 bridgehead atoms. The van der Waals surface area contributed by atoms with Gasteiger partial charge in [0.1, 0.15) is 5.82 Å². The molecular weight excluding hydrogens is 303 g/mol. The smallest absolute Gasteiger partial charge is 0.324 e. The van der Waals surface area contributed by atoms with Gasteiger partial charge in [0.2, 0.25) is 0 Å². The first-order valence-corrected chi connectivity index (χ1v) is 8.63. The van der Waals surface area contributed by atoms with E-state index in [2.05, 4.69) is 6.07 Å². The number of carbonyl (C=O) groups excluding carboxylic acids is 1. The lowest BCUT2D eigenvalue weighted by Gasteiger charge is -2.32. The van der Waals surface area contributed by atoms with Gasteiger partial charge in [0.25, 0.3) is 0 Å². The molecule has 1 fully saturated rings. The lowest BCUT2D eigenvalue weighted by molar-refractivity contribution is 0.214. The van der Waals surface area contributed by atoms with Gasteiger partial charge in [0.05, 0.1) is 0 Å². The number of fused-ring (bicyclic) bond motifs is 1. The second-order valence-electron chi connectivity index (χ2n) is 6.62. The first-order valence-electron chi connectivity index (χ1n) is 8.63. The molecule has 0 saturated carbocycles. The molecule has 2 aliphatic rings. The first kappa shape index (κ1) is 15.2. The molecule has 2 amide bonds. The summed E-state index contributed by atoms with van der Waals surface area (Å²) in [6, 6.07) is 15.1. The fourth-order valence-electron chi connectivity index (χ4n) is 3.90. The van der Waals surface area contributed by atoms with Crippen LogP contribution in [0.15, 0.2) is 48.5 Å². The van der Waals surface area contributed by atoms with Crippen LogP contribution in [0.3, 0.4) is 0 Å². The number of halogens is 1. The van der Waals surface area contributed by atoms with Crippen molar-refractivity contribution < 1.29 is 9.18 Å². The Morgan fingerprint density at radius 1 is 1.04 bits per heavy atom. The van der Waals surface area contributed by atoms with Gasteiger partial charge in [0, 0.05) is 31.2 Å². The van der Waals surface area contributed by atoms with Crippen LogP contribution in [0.5, 0.6) is 0 Å². The maximum atomic E-state index is 14.0. The number of likely N-dealkylation sites (tertiary alicyclic amines) is 1. The molecule has 4 heteroatoms. The van der Waals surface area contributed by atoms with E-state index in [1.165, 1.54) is 11.6 Å². The molecule has 2 heterocycles. The van der Waals surface area contributed by atoms with E-state index in [1.807, 2.05) is 40.1 Å². The van der Waals surface area contributed by atoms with Crippen LogP contribution in [0.25, 0.3) is 0 Å². The van der Waals surface area contributed by atoms with Crippen molar-refractivity contribution in [2.45, 2.75) is 25.2 Å². The van der Waals surface area contributed by atoms with Crippen molar-refractivity contribution in [3.8, 4) is 0 Å². The van der Waals surface area contributed by atoms with E-state index in [4.69, 9.17) is 0 Å². The fourth-order valence-corrected chi connectivity index (χ4v) is 3.90. The van der Waals surface area contributed by atoms with Crippen LogP contribution in [-0.2, 0) is 6.42 Å². The quantitative estimate of drug-likeness (QED) is 0.771. The maximum absolute atomic E-state index is 14.0. The highest BCUT2D eigenvalue weighted by Crippen LogP contribution is 2.32. The number of nitrogens with zero attached hydrogens (tertiary/aromatic N) is 2. The maximum Gasteiger partial charge on any atom is 0.324 e. The number of carbonyl (C=O) groups is 1. The standard InChI is InChI=1S/C20H21FN2O/c21-18-9-3-2-8-17(18)16-11-13-22(14-16)20(24)23-12-5-7-15-6-1-4-10-19(15)23/h1-4,6,8-10,16H,5,7,11-14H2. The predicted octanol–water partition coefficient (Wildman–Crippen LogP) is 4.19. The van der Waals surface area contributed by atoms with Crippen molar-refractivity contribution in [2.24, 2.45) is 0 Å². The van der Waals surface area contributed by atoms with Crippen molar-refractivity contribution in [1.29, 1.82) is 0 Å². The van der Waals surface area contributed by atoms with E-state index in [1.54, 1.807) is 6.07 Å². The van der Waals surface area contributed by atoms with Crippen LogP contribution >= 0.6 is 0 Å². The Labute approximate surface area is 141 Å². The third-order valence-corrected chi connectivity index (χ3v) is 5.14. The molecule has 3 nitrogen and oxygen atoms in total. The highest BCUT2D eigenvalue weighted by atomic mass is 19.1. The van der Waals surface area contributed by atoms with Crippen LogP contribution < -0.4 is 4.90 Å². The summed E-state index contributed by atoms with van der Waals surface area (Å²) in [6.07, 6.45) is 2.84. The number of anilines is 1. The molecule has 0 N–H and O–H groups in total. The summed E-state index contributed by atoms with van der Waals surface area (Å²) in [6.45, 7) is 2.05. The second-order valence-corrected chi connectivity index (χ2v) is 6.62. The molecule has 124 valence electrons. The lowest BCUT2D eigenvalue weighted by atomic mass is 9.98. The van der Waals surface area contributed by atoms with Gasteiger partial charge >= 0.3 is 6.03 Å². The molecule has 0 spiro atoms. The molecule has 0 radical (unpaired) electrons. The summed E-state index contributed by atoms with van der Waals surface area (Å²) in [5, 5.41) is 0. The molecule has 2 aromatic carbocycles. The molecule has 0 aromatic heterocycles. The van der Waals surface area contributed by atoms with E-state index in [-0.39, 0.29) is 17.8 Å². The Bertz CT molecular complexity index is 761. The number of amides is 2. The van der Waals surface area contributed by atoms with Gasteiger partial charge in [-0.25, -0.2) is 9.18 Å². The van der Waals surface area contributed by atoms with Gasteiger partial charge in [-0.15, -0.1) is 0 Å². The number of rotatable bonds is 1. The minimum absolute atomic E-state index is 0.0565. The van der Waals surface area contributed by atoms with Crippen molar-refractivity contribution >= 4 is 11.7 Å². The average Bonchev–Trinajstić information content (AvgIpc) is 3.11. The summed E-state index contributed by atoms with van der Waals surface area (Å²) in [4.78, 5) is 16.7. The van der Waals surface area contributed by atoms with E-state index in [9.17, 15) is 9.18 Å². The van der Waals surface area contributed by atoms with Crippen LogP contribution in [0.1, 0.15) is 29.9 Å². The van der Waals surface area contributed by atoms with Gasteiger partial charge in [-0.3, -0.25) is 4.90 Å². The van der Waals surface area contributed by atoms with Crippen LogP contribution in [0.4, 0.5) is 14.9 Å². The highest BCUT2D eigenvalue weighted by molar-refractivity contribution is 5.93. The number of hydrogen-bond donors (Lipinski definition) is 0. The van der Waals surface area contributed by atoms with Gasteiger partial charge in [-0.05, 0) is 42.5 Å². The summed E-state index contributed by atoms with van der Waals surface area (Å²) >= 11 is 0. The summed E-state index contributed by atoms with van der Waals surface area (Å²) in [5.41, 5.74) is 3.00. The van der Waals surface area contributed by atoms with Crippen molar-refractivity contribution in [3.63, 3.8) is 0 Å². The molecule has 2 aliphatic heterocycles. The number of urea groups is 1. The molecule has 24 heavy (non-hydrogen) atoms. The molecule has 1 saturated heterocycles.